The smallest absolute Gasteiger partial charge is 0.332 e. The van der Waals surface area contributed by atoms with Crippen molar-refractivity contribution in [2.24, 2.45) is 0 Å². The minimum absolute atomic E-state index is 0.0360. The van der Waals surface area contributed by atoms with Crippen molar-refractivity contribution in [2.75, 3.05) is 72.2 Å². The topological polar surface area (TPSA) is 115 Å². The van der Waals surface area contributed by atoms with Crippen molar-refractivity contribution in [3.05, 3.63) is 0 Å². The molecule has 1 aliphatic rings. The second-order valence-electron chi connectivity index (χ2n) is 7.70. The van der Waals surface area contributed by atoms with Gasteiger partial charge in [-0.1, -0.05) is 0 Å². The van der Waals surface area contributed by atoms with Crippen LogP contribution in [0.15, 0.2) is 0 Å². The van der Waals surface area contributed by atoms with E-state index in [1.165, 1.54) is 0 Å². The molecular weight excluding hydrogens is 352 g/mol. The maximum Gasteiger partial charge on any atom is 0.332 e. The number of ether oxygens (including phenoxy) is 2. The first-order chi connectivity index (χ1) is 12.8. The van der Waals surface area contributed by atoms with Gasteiger partial charge < -0.3 is 35.6 Å². The Balaban J connectivity index is 2.46. The maximum absolute atomic E-state index is 11.7. The minimum Gasteiger partial charge on any atom is -0.458 e. The molecule has 160 valence electrons. The van der Waals surface area contributed by atoms with Gasteiger partial charge in [-0.05, 0) is 20.8 Å². The molecule has 0 aromatic heterocycles. The summed E-state index contributed by atoms with van der Waals surface area (Å²) in [6.45, 7) is 11.4. The van der Waals surface area contributed by atoms with Gasteiger partial charge in [0.25, 0.3) is 0 Å². The largest absolute Gasteiger partial charge is 0.458 e. The molecular formula is C18H38N4O5. The molecule has 0 aromatic carbocycles. The Labute approximate surface area is 162 Å². The predicted octanol–water partition coefficient (Wildman–Crippen LogP) is -1.85. The van der Waals surface area contributed by atoms with E-state index < -0.39 is 23.7 Å². The Kier molecular flexibility index (Phi) is 12.0. The van der Waals surface area contributed by atoms with Gasteiger partial charge >= 0.3 is 5.97 Å². The summed E-state index contributed by atoms with van der Waals surface area (Å²) >= 11 is 0. The van der Waals surface area contributed by atoms with Crippen molar-refractivity contribution in [2.45, 2.75) is 38.5 Å². The van der Waals surface area contributed by atoms with E-state index >= 15 is 0 Å². The fourth-order valence-corrected chi connectivity index (χ4v) is 2.84. The zero-order valence-corrected chi connectivity index (χ0v) is 17.0. The van der Waals surface area contributed by atoms with Gasteiger partial charge in [0, 0.05) is 52.4 Å². The zero-order chi connectivity index (χ0) is 20.1. The van der Waals surface area contributed by atoms with Crippen LogP contribution >= 0.6 is 0 Å². The van der Waals surface area contributed by atoms with Crippen LogP contribution in [0.5, 0.6) is 0 Å². The van der Waals surface area contributed by atoms with Crippen LogP contribution in [0.1, 0.15) is 20.8 Å². The fourth-order valence-electron chi connectivity index (χ4n) is 2.84. The number of rotatable bonds is 7. The molecule has 0 spiro atoms. The fraction of sp³-hybridized carbons (Fsp3) is 0.944. The third-order valence-corrected chi connectivity index (χ3v) is 4.14. The summed E-state index contributed by atoms with van der Waals surface area (Å²) in [6, 6.07) is -0.451. The quantitative estimate of drug-likeness (QED) is 0.320. The predicted molar refractivity (Wildman–Crippen MR) is 104 cm³/mol. The summed E-state index contributed by atoms with van der Waals surface area (Å²) in [5, 5.41) is 30.3. The van der Waals surface area contributed by atoms with Crippen LogP contribution in [-0.2, 0) is 14.3 Å². The molecule has 9 heteroatoms. The summed E-state index contributed by atoms with van der Waals surface area (Å²) in [5.41, 5.74) is -0.568. The summed E-state index contributed by atoms with van der Waals surface area (Å²) in [7, 11) is 0. The maximum atomic E-state index is 11.7. The highest BCUT2D eigenvalue weighted by Gasteiger charge is 2.26. The summed E-state index contributed by atoms with van der Waals surface area (Å²) in [5.74, 6) is -0.469. The molecule has 1 aliphatic heterocycles. The lowest BCUT2D eigenvalue weighted by Gasteiger charge is -2.34. The van der Waals surface area contributed by atoms with E-state index in [2.05, 4.69) is 20.9 Å². The Hall–Kier alpha value is -0.810. The molecule has 0 aliphatic carbocycles. The first-order valence-electron chi connectivity index (χ1n) is 9.78. The first kappa shape index (κ1) is 24.2. The van der Waals surface area contributed by atoms with E-state index in [-0.39, 0.29) is 19.8 Å². The molecule has 0 saturated carbocycles. The van der Waals surface area contributed by atoms with Gasteiger partial charge in [-0.2, -0.15) is 0 Å². The number of aliphatic hydroxyl groups is 2. The van der Waals surface area contributed by atoms with Crippen molar-refractivity contribution in [1.29, 1.82) is 0 Å². The third kappa shape index (κ3) is 11.6. The lowest BCUT2D eigenvalue weighted by atomic mass is 10.1. The number of aliphatic hydroxyl groups excluding tert-OH is 2. The second-order valence-corrected chi connectivity index (χ2v) is 7.70. The Bertz CT molecular complexity index is 394. The molecule has 2 atom stereocenters. The van der Waals surface area contributed by atoms with Crippen molar-refractivity contribution in [3.63, 3.8) is 0 Å². The van der Waals surface area contributed by atoms with Crippen molar-refractivity contribution < 1.29 is 24.5 Å². The van der Waals surface area contributed by atoms with Crippen LogP contribution in [0.25, 0.3) is 0 Å². The molecule has 0 unspecified atom stereocenters. The standard InChI is InChI=1S/C18H38N4O5/c1-18(2,3)27-17(25)14-26-13-16(24)15(12-23)22-10-8-20-6-4-19-5-7-21-9-11-22/h15-16,19-21,23-24H,4-14H2,1-3H3/t15-,16-/m1/s1. The van der Waals surface area contributed by atoms with Crippen molar-refractivity contribution >= 4 is 5.97 Å². The molecule has 1 rings (SSSR count). The average Bonchev–Trinajstić information content (AvgIpc) is 2.56. The van der Waals surface area contributed by atoms with Gasteiger partial charge in [0.05, 0.1) is 25.4 Å². The van der Waals surface area contributed by atoms with Crippen LogP contribution in [0.2, 0.25) is 0 Å². The van der Waals surface area contributed by atoms with Gasteiger partial charge in [0.15, 0.2) is 0 Å². The normalized spacial score (nSPS) is 20.9. The molecule has 0 bridgehead atoms. The van der Waals surface area contributed by atoms with Crippen LogP contribution in [0.4, 0.5) is 0 Å². The number of hydrogen-bond donors (Lipinski definition) is 5. The number of nitrogens with zero attached hydrogens (tertiary/aromatic N) is 1. The Morgan fingerprint density at radius 2 is 1.56 bits per heavy atom. The third-order valence-electron chi connectivity index (χ3n) is 4.14. The van der Waals surface area contributed by atoms with E-state index in [1.54, 1.807) is 20.8 Å². The molecule has 9 nitrogen and oxygen atoms in total. The number of carbonyl (C=O) groups is 1. The minimum atomic E-state index is -0.896. The number of esters is 1. The van der Waals surface area contributed by atoms with Crippen LogP contribution in [0.3, 0.4) is 0 Å². The molecule has 1 saturated heterocycles. The van der Waals surface area contributed by atoms with Crippen molar-refractivity contribution in [3.8, 4) is 0 Å². The van der Waals surface area contributed by atoms with E-state index in [1.807, 2.05) is 0 Å². The van der Waals surface area contributed by atoms with Gasteiger partial charge in [0.1, 0.15) is 12.2 Å². The molecule has 0 aromatic rings. The number of carbonyl (C=O) groups excluding carboxylic acids is 1. The van der Waals surface area contributed by atoms with E-state index in [4.69, 9.17) is 9.47 Å². The van der Waals surface area contributed by atoms with E-state index in [0.717, 1.165) is 39.3 Å². The van der Waals surface area contributed by atoms with E-state index in [0.29, 0.717) is 13.1 Å². The van der Waals surface area contributed by atoms with Gasteiger partial charge in [-0.15, -0.1) is 0 Å². The van der Waals surface area contributed by atoms with Gasteiger partial charge in [0.2, 0.25) is 0 Å². The first-order valence-corrected chi connectivity index (χ1v) is 9.78. The molecule has 1 fully saturated rings. The van der Waals surface area contributed by atoms with Crippen LogP contribution < -0.4 is 16.0 Å². The van der Waals surface area contributed by atoms with Crippen molar-refractivity contribution in [1.82, 2.24) is 20.9 Å². The monoisotopic (exact) mass is 390 g/mol. The number of nitrogens with one attached hydrogen (secondary N) is 3. The second kappa shape index (κ2) is 13.4. The van der Waals surface area contributed by atoms with Gasteiger partial charge in [-0.3, -0.25) is 4.90 Å². The molecule has 5 N–H and O–H groups in total. The SMILES string of the molecule is CC(C)(C)OC(=O)COC[C@@H](O)[C@@H](CO)N1CCNCCNCCNCC1. The molecule has 27 heavy (non-hydrogen) atoms. The number of hydrogen-bond acceptors (Lipinski definition) is 9. The highest BCUT2D eigenvalue weighted by molar-refractivity contribution is 5.71. The Morgan fingerprint density at radius 1 is 1.04 bits per heavy atom. The summed E-state index contributed by atoms with van der Waals surface area (Å²) in [4.78, 5) is 13.7. The molecule has 0 radical (unpaired) electrons. The summed E-state index contributed by atoms with van der Waals surface area (Å²) in [6.07, 6.45) is -0.896. The van der Waals surface area contributed by atoms with Crippen LogP contribution in [0, 0.1) is 0 Å². The molecule has 0 amide bonds. The average molecular weight is 391 g/mol. The highest BCUT2D eigenvalue weighted by Crippen LogP contribution is 2.08. The highest BCUT2D eigenvalue weighted by atomic mass is 16.6. The zero-order valence-electron chi connectivity index (χ0n) is 17.0. The molecule has 1 heterocycles. The van der Waals surface area contributed by atoms with Crippen LogP contribution in [-0.4, -0.2) is 111 Å². The lowest BCUT2D eigenvalue weighted by Crippen LogP contribution is -2.52. The summed E-state index contributed by atoms with van der Waals surface area (Å²) < 4.78 is 10.5. The Morgan fingerprint density at radius 3 is 2.04 bits per heavy atom. The van der Waals surface area contributed by atoms with Gasteiger partial charge in [-0.25, -0.2) is 4.79 Å². The van der Waals surface area contributed by atoms with E-state index in [9.17, 15) is 15.0 Å². The lowest BCUT2D eigenvalue weighted by molar-refractivity contribution is -0.161.